The first-order chi connectivity index (χ1) is 8.49. The van der Waals surface area contributed by atoms with E-state index in [0.717, 1.165) is 23.8 Å². The predicted molar refractivity (Wildman–Crippen MR) is 78.3 cm³/mol. The molecule has 1 aromatic heterocycles. The zero-order valence-corrected chi connectivity index (χ0v) is 12.7. The van der Waals surface area contributed by atoms with E-state index in [9.17, 15) is 4.79 Å². The smallest absolute Gasteiger partial charge is 0.236 e. The molecule has 0 saturated carbocycles. The van der Waals surface area contributed by atoms with Gasteiger partial charge < -0.3 is 10.6 Å². The van der Waals surface area contributed by atoms with E-state index in [2.05, 4.69) is 24.5 Å². The molecule has 2 N–H and O–H groups in total. The Kier molecular flexibility index (Phi) is 6.68. The minimum Gasteiger partial charge on any atom is -0.354 e. The lowest BCUT2D eigenvalue weighted by Crippen LogP contribution is -2.43. The number of hydrogen-bond donors (Lipinski definition) is 2. The highest BCUT2D eigenvalue weighted by Gasteiger charge is 2.11. The quantitative estimate of drug-likeness (QED) is 0.810. The van der Waals surface area contributed by atoms with Crippen molar-refractivity contribution in [2.24, 2.45) is 5.92 Å². The number of nitrogens with one attached hydrogen (secondary N) is 2. The number of thiophene rings is 1. The van der Waals surface area contributed by atoms with E-state index >= 15 is 0 Å². The number of rotatable bonds is 7. The van der Waals surface area contributed by atoms with Gasteiger partial charge in [-0.25, -0.2) is 0 Å². The molecule has 0 aliphatic carbocycles. The van der Waals surface area contributed by atoms with Crippen LogP contribution in [0.4, 0.5) is 0 Å². The second kappa shape index (κ2) is 7.77. The Labute approximate surface area is 118 Å². The monoisotopic (exact) mass is 288 g/mol. The minimum absolute atomic E-state index is 0.0629. The van der Waals surface area contributed by atoms with Crippen LogP contribution in [0.15, 0.2) is 12.1 Å². The van der Waals surface area contributed by atoms with Crippen LogP contribution in [0.25, 0.3) is 0 Å². The summed E-state index contributed by atoms with van der Waals surface area (Å²) < 4.78 is 0.813. The normalized spacial score (nSPS) is 12.7. The summed E-state index contributed by atoms with van der Waals surface area (Å²) in [5, 5.41) is 6.13. The molecule has 0 bridgehead atoms. The van der Waals surface area contributed by atoms with Crippen LogP contribution < -0.4 is 10.6 Å². The summed E-state index contributed by atoms with van der Waals surface area (Å²) in [5.41, 5.74) is 0. The molecule has 1 aromatic rings. The maximum Gasteiger partial charge on any atom is 0.236 e. The molecule has 1 heterocycles. The van der Waals surface area contributed by atoms with Crippen molar-refractivity contribution in [3.05, 3.63) is 21.3 Å². The number of carbonyl (C=O) groups is 1. The Morgan fingerprint density at radius 3 is 2.67 bits per heavy atom. The second-order valence-corrected chi connectivity index (χ2v) is 6.57. The van der Waals surface area contributed by atoms with Crippen molar-refractivity contribution < 1.29 is 4.79 Å². The maximum absolute atomic E-state index is 11.7. The van der Waals surface area contributed by atoms with Crippen LogP contribution >= 0.6 is 22.9 Å². The minimum atomic E-state index is -0.154. The SMILES string of the molecule is CC(C)CNC(=O)C(C)NCCc1ccc(Cl)s1. The van der Waals surface area contributed by atoms with Crippen LogP contribution in [-0.2, 0) is 11.2 Å². The van der Waals surface area contributed by atoms with Crippen molar-refractivity contribution in [2.75, 3.05) is 13.1 Å². The molecule has 3 nitrogen and oxygen atoms in total. The summed E-state index contributed by atoms with van der Waals surface area (Å²) in [4.78, 5) is 12.9. The Morgan fingerprint density at radius 2 is 2.11 bits per heavy atom. The highest BCUT2D eigenvalue weighted by molar-refractivity contribution is 7.16. The lowest BCUT2D eigenvalue weighted by Gasteiger charge is -2.14. The highest BCUT2D eigenvalue weighted by Crippen LogP contribution is 2.21. The van der Waals surface area contributed by atoms with Crippen LogP contribution in [0.2, 0.25) is 4.34 Å². The van der Waals surface area contributed by atoms with Gasteiger partial charge in [0.25, 0.3) is 0 Å². The van der Waals surface area contributed by atoms with E-state index in [0.29, 0.717) is 5.92 Å². The predicted octanol–water partition coefficient (Wildman–Crippen LogP) is 2.69. The van der Waals surface area contributed by atoms with E-state index in [1.54, 1.807) is 11.3 Å². The molecule has 0 aromatic carbocycles. The molecule has 0 aliphatic rings. The van der Waals surface area contributed by atoms with Gasteiger partial charge in [0.15, 0.2) is 0 Å². The maximum atomic E-state index is 11.7. The van der Waals surface area contributed by atoms with Gasteiger partial charge in [-0.15, -0.1) is 11.3 Å². The number of amides is 1. The van der Waals surface area contributed by atoms with Crippen LogP contribution in [0, 0.1) is 5.92 Å². The Hall–Kier alpha value is -0.580. The van der Waals surface area contributed by atoms with Gasteiger partial charge in [0.05, 0.1) is 10.4 Å². The summed E-state index contributed by atoms with van der Waals surface area (Å²) in [5.74, 6) is 0.544. The third-order valence-electron chi connectivity index (χ3n) is 2.53. The van der Waals surface area contributed by atoms with Gasteiger partial charge in [0.2, 0.25) is 5.91 Å². The number of halogens is 1. The van der Waals surface area contributed by atoms with Gasteiger partial charge in [0, 0.05) is 18.0 Å². The second-order valence-electron chi connectivity index (χ2n) is 4.77. The highest BCUT2D eigenvalue weighted by atomic mass is 35.5. The average molecular weight is 289 g/mol. The molecule has 1 unspecified atom stereocenters. The molecule has 5 heteroatoms. The van der Waals surface area contributed by atoms with Gasteiger partial charge in [-0.3, -0.25) is 4.79 Å². The Morgan fingerprint density at radius 1 is 1.39 bits per heavy atom. The van der Waals surface area contributed by atoms with Gasteiger partial charge in [-0.2, -0.15) is 0 Å². The van der Waals surface area contributed by atoms with Crippen molar-refractivity contribution in [2.45, 2.75) is 33.2 Å². The van der Waals surface area contributed by atoms with E-state index in [-0.39, 0.29) is 11.9 Å². The summed E-state index contributed by atoms with van der Waals surface area (Å²) in [6.45, 7) is 7.56. The van der Waals surface area contributed by atoms with E-state index in [1.165, 1.54) is 4.88 Å². The average Bonchev–Trinajstić information content (AvgIpc) is 2.71. The number of hydrogen-bond acceptors (Lipinski definition) is 3. The molecule has 0 saturated heterocycles. The molecule has 102 valence electrons. The summed E-state index contributed by atoms with van der Waals surface area (Å²) in [6, 6.07) is 3.78. The van der Waals surface area contributed by atoms with E-state index in [4.69, 9.17) is 11.6 Å². The largest absolute Gasteiger partial charge is 0.354 e. The zero-order valence-electron chi connectivity index (χ0n) is 11.1. The van der Waals surface area contributed by atoms with Gasteiger partial charge in [-0.1, -0.05) is 25.4 Å². The first-order valence-electron chi connectivity index (χ1n) is 6.24. The third kappa shape index (κ3) is 5.85. The Balaban J connectivity index is 2.20. The van der Waals surface area contributed by atoms with Crippen LogP contribution in [-0.4, -0.2) is 25.0 Å². The van der Waals surface area contributed by atoms with E-state index in [1.807, 2.05) is 19.1 Å². The standard InChI is InChI=1S/C13H21ClN2OS/c1-9(2)8-16-13(17)10(3)15-7-6-11-4-5-12(14)18-11/h4-5,9-10,15H,6-8H2,1-3H3,(H,16,17). The molecule has 0 fully saturated rings. The van der Waals surface area contributed by atoms with Crippen LogP contribution in [0.5, 0.6) is 0 Å². The van der Waals surface area contributed by atoms with Crippen molar-refractivity contribution in [3.63, 3.8) is 0 Å². The Bertz CT molecular complexity index is 379. The molecule has 0 radical (unpaired) electrons. The third-order valence-corrected chi connectivity index (χ3v) is 3.82. The molecular formula is C13H21ClN2OS. The van der Waals surface area contributed by atoms with Gasteiger partial charge in [0.1, 0.15) is 0 Å². The fourth-order valence-corrected chi connectivity index (χ4v) is 2.54. The van der Waals surface area contributed by atoms with Crippen LogP contribution in [0.3, 0.4) is 0 Å². The molecule has 1 atom stereocenters. The van der Waals surface area contributed by atoms with Crippen LogP contribution in [0.1, 0.15) is 25.6 Å². The molecule has 0 aliphatic heterocycles. The summed E-state index contributed by atoms with van der Waals surface area (Å²) in [7, 11) is 0. The zero-order chi connectivity index (χ0) is 13.5. The van der Waals surface area contributed by atoms with Crippen molar-refractivity contribution in [1.82, 2.24) is 10.6 Å². The summed E-state index contributed by atoms with van der Waals surface area (Å²) >= 11 is 7.44. The summed E-state index contributed by atoms with van der Waals surface area (Å²) in [6.07, 6.45) is 0.902. The molecule has 18 heavy (non-hydrogen) atoms. The number of carbonyl (C=O) groups excluding carboxylic acids is 1. The van der Waals surface area contributed by atoms with Crippen molar-refractivity contribution in [1.29, 1.82) is 0 Å². The lowest BCUT2D eigenvalue weighted by atomic mass is 10.2. The van der Waals surface area contributed by atoms with E-state index < -0.39 is 0 Å². The fourth-order valence-electron chi connectivity index (χ4n) is 1.45. The first kappa shape index (κ1) is 15.5. The van der Waals surface area contributed by atoms with Gasteiger partial charge >= 0.3 is 0 Å². The molecule has 1 amide bonds. The fraction of sp³-hybridized carbons (Fsp3) is 0.615. The van der Waals surface area contributed by atoms with Crippen molar-refractivity contribution >= 4 is 28.8 Å². The molecule has 1 rings (SSSR count). The topological polar surface area (TPSA) is 41.1 Å². The molecular weight excluding hydrogens is 268 g/mol. The van der Waals surface area contributed by atoms with Gasteiger partial charge in [-0.05, 0) is 31.4 Å². The van der Waals surface area contributed by atoms with Crippen molar-refractivity contribution in [3.8, 4) is 0 Å². The lowest BCUT2D eigenvalue weighted by molar-refractivity contribution is -0.122. The first-order valence-corrected chi connectivity index (χ1v) is 7.43. The molecule has 0 spiro atoms.